The highest BCUT2D eigenvalue weighted by molar-refractivity contribution is 5.94. The number of piperidine rings is 1. The second-order valence-electron chi connectivity index (χ2n) is 5.90. The zero-order valence-corrected chi connectivity index (χ0v) is 13.2. The second kappa shape index (κ2) is 6.93. The molecule has 1 fully saturated rings. The fraction of sp³-hybridized carbons (Fsp3) is 0.733. The van der Waals surface area contributed by atoms with Gasteiger partial charge < -0.3 is 15.3 Å². The molecule has 0 saturated carbocycles. The summed E-state index contributed by atoms with van der Waals surface area (Å²) in [5.41, 5.74) is 0.834. The number of hydrogen-bond acceptors (Lipinski definition) is 4. The van der Waals surface area contributed by atoms with E-state index < -0.39 is 5.97 Å². The van der Waals surface area contributed by atoms with Crippen LogP contribution in [0.1, 0.15) is 48.7 Å². The van der Waals surface area contributed by atoms with Crippen LogP contribution >= 0.6 is 0 Å². The number of aromatic carboxylic acids is 1. The van der Waals surface area contributed by atoms with Crippen molar-refractivity contribution in [3.05, 3.63) is 11.3 Å². The summed E-state index contributed by atoms with van der Waals surface area (Å²) in [5.74, 6) is -0.320. The van der Waals surface area contributed by atoms with Crippen molar-refractivity contribution in [3.8, 4) is 0 Å². The van der Waals surface area contributed by atoms with Gasteiger partial charge in [0.2, 0.25) is 0 Å². The van der Waals surface area contributed by atoms with E-state index in [0.717, 1.165) is 19.5 Å². The first-order valence-corrected chi connectivity index (χ1v) is 7.75. The van der Waals surface area contributed by atoms with Crippen molar-refractivity contribution in [2.24, 2.45) is 7.05 Å². The van der Waals surface area contributed by atoms with Crippen molar-refractivity contribution >= 4 is 11.8 Å². The number of nitrogens with one attached hydrogen (secondary N) is 1. The number of nitrogens with zero attached hydrogens (tertiary/aromatic N) is 3. The van der Waals surface area contributed by atoms with Crippen LogP contribution in [0.25, 0.3) is 0 Å². The Kier molecular flexibility index (Phi) is 5.22. The molecule has 1 unspecified atom stereocenters. The van der Waals surface area contributed by atoms with E-state index in [1.165, 1.54) is 25.8 Å². The van der Waals surface area contributed by atoms with Gasteiger partial charge in [-0.25, -0.2) is 4.79 Å². The molecule has 1 aliphatic rings. The van der Waals surface area contributed by atoms with Gasteiger partial charge in [0.05, 0.1) is 5.69 Å². The summed E-state index contributed by atoms with van der Waals surface area (Å²) < 4.78 is 1.61. The highest BCUT2D eigenvalue weighted by atomic mass is 16.4. The third-order valence-electron chi connectivity index (χ3n) is 4.29. The third kappa shape index (κ3) is 3.75. The summed E-state index contributed by atoms with van der Waals surface area (Å²) in [5, 5.41) is 16.7. The number of rotatable bonds is 6. The number of hydrogen-bond donors (Lipinski definition) is 2. The lowest BCUT2D eigenvalue weighted by Gasteiger charge is -2.33. The van der Waals surface area contributed by atoms with Crippen LogP contribution in [0.4, 0.5) is 5.82 Å². The van der Waals surface area contributed by atoms with Crippen molar-refractivity contribution in [3.63, 3.8) is 0 Å². The lowest BCUT2D eigenvalue weighted by Crippen LogP contribution is -2.38. The Hall–Kier alpha value is -1.56. The van der Waals surface area contributed by atoms with Gasteiger partial charge >= 0.3 is 5.97 Å². The van der Waals surface area contributed by atoms with Crippen molar-refractivity contribution < 1.29 is 9.90 Å². The van der Waals surface area contributed by atoms with Crippen LogP contribution in [0, 0.1) is 6.92 Å². The van der Waals surface area contributed by atoms with Crippen LogP contribution in [0.3, 0.4) is 0 Å². The third-order valence-corrected chi connectivity index (χ3v) is 4.29. The Morgan fingerprint density at radius 3 is 2.90 bits per heavy atom. The van der Waals surface area contributed by atoms with E-state index in [2.05, 4.69) is 22.2 Å². The topological polar surface area (TPSA) is 70.4 Å². The van der Waals surface area contributed by atoms with E-state index in [0.29, 0.717) is 17.6 Å². The van der Waals surface area contributed by atoms with Gasteiger partial charge in [-0.3, -0.25) is 4.68 Å². The van der Waals surface area contributed by atoms with Gasteiger partial charge in [-0.2, -0.15) is 5.10 Å². The van der Waals surface area contributed by atoms with Crippen LogP contribution in [0.15, 0.2) is 0 Å². The van der Waals surface area contributed by atoms with Crippen LogP contribution in [0.2, 0.25) is 0 Å². The molecule has 21 heavy (non-hydrogen) atoms. The van der Waals surface area contributed by atoms with Gasteiger partial charge in [-0.1, -0.05) is 6.42 Å². The first-order chi connectivity index (χ1) is 10.0. The number of carboxylic acids is 1. The Morgan fingerprint density at radius 1 is 1.48 bits per heavy atom. The average molecular weight is 294 g/mol. The van der Waals surface area contributed by atoms with Gasteiger partial charge in [-0.15, -0.1) is 0 Å². The number of carboxylic acid groups (broad SMARTS) is 1. The summed E-state index contributed by atoms with van der Waals surface area (Å²) in [6.45, 7) is 7.03. The molecular formula is C15H26N4O2. The van der Waals surface area contributed by atoms with Crippen LogP contribution in [-0.4, -0.2) is 51.4 Å². The molecule has 0 bridgehead atoms. The summed E-state index contributed by atoms with van der Waals surface area (Å²) in [6.07, 6.45) is 4.93. The smallest absolute Gasteiger partial charge is 0.341 e. The summed E-state index contributed by atoms with van der Waals surface area (Å²) in [4.78, 5) is 13.8. The van der Waals surface area contributed by atoms with Gasteiger partial charge in [0.1, 0.15) is 11.4 Å². The molecule has 0 radical (unpaired) electrons. The predicted molar refractivity (Wildman–Crippen MR) is 82.9 cm³/mol. The lowest BCUT2D eigenvalue weighted by atomic mass is 10.0. The maximum atomic E-state index is 11.3. The number of carbonyl (C=O) groups is 1. The molecule has 0 aromatic carbocycles. The molecule has 0 aliphatic carbocycles. The van der Waals surface area contributed by atoms with E-state index in [1.54, 1.807) is 18.7 Å². The Balaban J connectivity index is 1.85. The molecule has 1 saturated heterocycles. The minimum atomic E-state index is -0.923. The maximum Gasteiger partial charge on any atom is 0.341 e. The molecule has 1 aliphatic heterocycles. The largest absolute Gasteiger partial charge is 0.477 e. The minimum absolute atomic E-state index is 0.281. The van der Waals surface area contributed by atoms with E-state index in [1.807, 2.05) is 0 Å². The quantitative estimate of drug-likeness (QED) is 0.786. The zero-order valence-electron chi connectivity index (χ0n) is 13.2. The van der Waals surface area contributed by atoms with Gasteiger partial charge in [0, 0.05) is 26.2 Å². The van der Waals surface area contributed by atoms with E-state index in [4.69, 9.17) is 0 Å². The molecule has 1 aromatic heterocycles. The minimum Gasteiger partial charge on any atom is -0.477 e. The molecule has 118 valence electrons. The van der Waals surface area contributed by atoms with Crippen LogP contribution < -0.4 is 5.32 Å². The van der Waals surface area contributed by atoms with Crippen molar-refractivity contribution in [2.75, 3.05) is 25.0 Å². The lowest BCUT2D eigenvalue weighted by molar-refractivity contribution is 0.0697. The van der Waals surface area contributed by atoms with Crippen LogP contribution in [-0.2, 0) is 7.05 Å². The van der Waals surface area contributed by atoms with E-state index in [-0.39, 0.29) is 5.56 Å². The van der Waals surface area contributed by atoms with Crippen molar-refractivity contribution in [1.29, 1.82) is 0 Å². The first kappa shape index (κ1) is 15.8. The van der Waals surface area contributed by atoms with E-state index in [9.17, 15) is 9.90 Å². The number of likely N-dealkylation sites (tertiary alicyclic amines) is 1. The molecule has 6 nitrogen and oxygen atoms in total. The number of aryl methyl sites for hydroxylation is 2. The highest BCUT2D eigenvalue weighted by Crippen LogP contribution is 2.19. The molecule has 0 spiro atoms. The predicted octanol–water partition coefficient (Wildman–Crippen LogP) is 2.10. The molecule has 2 rings (SSSR count). The van der Waals surface area contributed by atoms with Crippen molar-refractivity contribution in [1.82, 2.24) is 14.7 Å². The van der Waals surface area contributed by atoms with E-state index >= 15 is 0 Å². The number of aromatic nitrogens is 2. The average Bonchev–Trinajstić information content (AvgIpc) is 2.71. The summed E-state index contributed by atoms with van der Waals surface area (Å²) in [7, 11) is 1.77. The first-order valence-electron chi connectivity index (χ1n) is 7.75. The highest BCUT2D eigenvalue weighted by Gasteiger charge is 2.20. The Bertz CT molecular complexity index is 498. The monoisotopic (exact) mass is 294 g/mol. The zero-order chi connectivity index (χ0) is 15.4. The fourth-order valence-electron chi connectivity index (χ4n) is 3.10. The molecule has 2 N–H and O–H groups in total. The van der Waals surface area contributed by atoms with Gasteiger partial charge in [0.15, 0.2) is 0 Å². The summed E-state index contributed by atoms with van der Waals surface area (Å²) >= 11 is 0. The fourth-order valence-corrected chi connectivity index (χ4v) is 3.10. The van der Waals surface area contributed by atoms with Crippen molar-refractivity contribution in [2.45, 2.75) is 45.6 Å². The van der Waals surface area contributed by atoms with Crippen LogP contribution in [0.5, 0.6) is 0 Å². The Morgan fingerprint density at radius 2 is 2.24 bits per heavy atom. The summed E-state index contributed by atoms with van der Waals surface area (Å²) in [6, 6.07) is 0.673. The molecule has 1 aromatic rings. The van der Waals surface area contributed by atoms with Gasteiger partial charge in [-0.05, 0) is 39.7 Å². The SMILES string of the molecule is Cc1nn(C)c(NCCCN2CCCCC2C)c1C(=O)O. The molecule has 2 heterocycles. The Labute approximate surface area is 126 Å². The normalized spacial score (nSPS) is 19.7. The molecular weight excluding hydrogens is 268 g/mol. The number of anilines is 1. The maximum absolute atomic E-state index is 11.3. The molecule has 0 amide bonds. The molecule has 6 heteroatoms. The molecule has 1 atom stereocenters. The standard InChI is InChI=1S/C15H26N4O2/c1-11-7-4-5-9-19(11)10-6-8-16-14-13(15(20)21)12(2)17-18(14)3/h11,16H,4-10H2,1-3H3,(H,20,21). The van der Waals surface area contributed by atoms with Gasteiger partial charge in [0.25, 0.3) is 0 Å². The second-order valence-corrected chi connectivity index (χ2v) is 5.90.